The lowest BCUT2D eigenvalue weighted by Crippen LogP contribution is -2.39. The minimum absolute atomic E-state index is 0.0401. The largest absolute Gasteiger partial charge is 0.493 e. The van der Waals surface area contributed by atoms with Gasteiger partial charge in [-0.25, -0.2) is 0 Å². The van der Waals surface area contributed by atoms with Gasteiger partial charge in [0.2, 0.25) is 0 Å². The van der Waals surface area contributed by atoms with Crippen LogP contribution in [0.5, 0.6) is 11.5 Å². The van der Waals surface area contributed by atoms with Crippen LogP contribution in [0.25, 0.3) is 0 Å². The van der Waals surface area contributed by atoms with Gasteiger partial charge in [0.25, 0.3) is 0 Å². The van der Waals surface area contributed by atoms with Crippen LogP contribution in [0, 0.1) is 5.92 Å². The third-order valence-electron chi connectivity index (χ3n) is 4.32. The zero-order valence-corrected chi connectivity index (χ0v) is 14.8. The van der Waals surface area contributed by atoms with Crippen LogP contribution in [0.2, 0.25) is 0 Å². The van der Waals surface area contributed by atoms with Crippen molar-refractivity contribution in [2.75, 3.05) is 40.0 Å². The summed E-state index contributed by atoms with van der Waals surface area (Å²) < 4.78 is 16.2. The molecule has 1 unspecified atom stereocenters. The Labute approximate surface area is 144 Å². The van der Waals surface area contributed by atoms with Crippen molar-refractivity contribution in [3.05, 3.63) is 24.3 Å². The Morgan fingerprint density at radius 3 is 2.79 bits per heavy atom. The number of ether oxygens (including phenoxy) is 3. The van der Waals surface area contributed by atoms with Crippen molar-refractivity contribution in [1.29, 1.82) is 0 Å². The van der Waals surface area contributed by atoms with Crippen molar-refractivity contribution in [3.8, 4) is 11.5 Å². The minimum atomic E-state index is -0.0401. The van der Waals surface area contributed by atoms with Crippen LogP contribution in [0.4, 0.5) is 0 Å². The SMILES string of the molecule is CCOC(=O)C1CCCN(CCCCOc2ccccc2OC)C1. The van der Waals surface area contributed by atoms with Crippen LogP contribution in [-0.4, -0.2) is 50.8 Å². The monoisotopic (exact) mass is 335 g/mol. The van der Waals surface area contributed by atoms with E-state index in [1.54, 1.807) is 7.11 Å². The summed E-state index contributed by atoms with van der Waals surface area (Å²) in [5, 5.41) is 0. The number of piperidine rings is 1. The Morgan fingerprint density at radius 1 is 1.25 bits per heavy atom. The summed E-state index contributed by atoms with van der Waals surface area (Å²) in [6, 6.07) is 7.70. The van der Waals surface area contributed by atoms with Crippen LogP contribution in [0.1, 0.15) is 32.6 Å². The molecule has 0 aromatic heterocycles. The van der Waals surface area contributed by atoms with Crippen LogP contribution in [-0.2, 0) is 9.53 Å². The van der Waals surface area contributed by atoms with Gasteiger partial charge in [0, 0.05) is 6.54 Å². The Morgan fingerprint density at radius 2 is 2.04 bits per heavy atom. The fourth-order valence-corrected chi connectivity index (χ4v) is 3.07. The van der Waals surface area contributed by atoms with Gasteiger partial charge in [-0.1, -0.05) is 12.1 Å². The molecule has 0 radical (unpaired) electrons. The second-order valence-corrected chi connectivity index (χ2v) is 6.10. The number of unbranched alkanes of at least 4 members (excludes halogenated alkanes) is 1. The molecule has 5 heteroatoms. The molecule has 0 saturated carbocycles. The van der Waals surface area contributed by atoms with Crippen LogP contribution >= 0.6 is 0 Å². The maximum atomic E-state index is 11.9. The first-order valence-corrected chi connectivity index (χ1v) is 8.89. The van der Waals surface area contributed by atoms with Gasteiger partial charge >= 0.3 is 5.97 Å². The smallest absolute Gasteiger partial charge is 0.310 e. The topological polar surface area (TPSA) is 48.0 Å². The molecule has 1 aliphatic heterocycles. The normalized spacial score (nSPS) is 18.2. The van der Waals surface area contributed by atoms with E-state index in [4.69, 9.17) is 14.2 Å². The fraction of sp³-hybridized carbons (Fsp3) is 0.632. The quantitative estimate of drug-likeness (QED) is 0.512. The number of rotatable bonds is 9. The number of para-hydroxylation sites is 2. The highest BCUT2D eigenvalue weighted by molar-refractivity contribution is 5.72. The second kappa shape index (κ2) is 10.2. The van der Waals surface area contributed by atoms with Gasteiger partial charge in [0.05, 0.1) is 26.2 Å². The van der Waals surface area contributed by atoms with Gasteiger partial charge in [0.1, 0.15) is 0 Å². The molecule has 1 saturated heterocycles. The predicted molar refractivity (Wildman–Crippen MR) is 93.5 cm³/mol. The van der Waals surface area contributed by atoms with Crippen LogP contribution in [0.15, 0.2) is 24.3 Å². The predicted octanol–water partition coefficient (Wildman–Crippen LogP) is 3.13. The van der Waals surface area contributed by atoms with E-state index in [9.17, 15) is 4.79 Å². The Kier molecular flexibility index (Phi) is 7.89. The molecule has 1 aromatic rings. The molecule has 0 amide bonds. The highest BCUT2D eigenvalue weighted by Gasteiger charge is 2.26. The van der Waals surface area contributed by atoms with E-state index < -0.39 is 0 Å². The highest BCUT2D eigenvalue weighted by Crippen LogP contribution is 2.26. The maximum absolute atomic E-state index is 11.9. The Balaban J connectivity index is 1.64. The third-order valence-corrected chi connectivity index (χ3v) is 4.32. The first kappa shape index (κ1) is 18.6. The van der Waals surface area contributed by atoms with Gasteiger partial charge in [-0.2, -0.15) is 0 Å². The van der Waals surface area contributed by atoms with E-state index in [0.29, 0.717) is 13.2 Å². The number of carbonyl (C=O) groups is 1. The molecular formula is C19H29NO4. The van der Waals surface area contributed by atoms with Crippen LogP contribution < -0.4 is 9.47 Å². The molecule has 0 bridgehead atoms. The number of carbonyl (C=O) groups excluding carboxylic acids is 1. The lowest BCUT2D eigenvalue weighted by atomic mass is 9.98. The number of esters is 1. The molecule has 1 aliphatic rings. The molecule has 24 heavy (non-hydrogen) atoms. The van der Waals surface area contributed by atoms with E-state index in [1.807, 2.05) is 31.2 Å². The van der Waals surface area contributed by atoms with Gasteiger partial charge in [-0.3, -0.25) is 4.79 Å². The van der Waals surface area contributed by atoms with Crippen molar-refractivity contribution in [2.45, 2.75) is 32.6 Å². The van der Waals surface area contributed by atoms with Crippen molar-refractivity contribution in [2.24, 2.45) is 5.92 Å². The standard InChI is InChI=1S/C19H29NO4/c1-3-23-19(21)16-9-8-13-20(15-16)12-6-7-14-24-18-11-5-4-10-17(18)22-2/h4-5,10-11,16H,3,6-9,12-15H2,1-2H3. The van der Waals surface area contributed by atoms with E-state index in [2.05, 4.69) is 4.90 Å². The van der Waals surface area contributed by atoms with Gasteiger partial charge in [-0.15, -0.1) is 0 Å². The molecule has 1 fully saturated rings. The zero-order valence-electron chi connectivity index (χ0n) is 14.8. The molecule has 0 N–H and O–H groups in total. The number of hydrogen-bond acceptors (Lipinski definition) is 5. The highest BCUT2D eigenvalue weighted by atomic mass is 16.5. The Bertz CT molecular complexity index is 506. The summed E-state index contributed by atoms with van der Waals surface area (Å²) in [6.45, 7) is 5.91. The average molecular weight is 335 g/mol. The maximum Gasteiger partial charge on any atom is 0.310 e. The van der Waals surface area contributed by atoms with E-state index in [-0.39, 0.29) is 11.9 Å². The third kappa shape index (κ3) is 5.71. The number of hydrogen-bond donors (Lipinski definition) is 0. The molecule has 1 aromatic carbocycles. The molecule has 134 valence electrons. The molecule has 1 heterocycles. The molecular weight excluding hydrogens is 306 g/mol. The fourth-order valence-electron chi connectivity index (χ4n) is 3.07. The van der Waals surface area contributed by atoms with Gasteiger partial charge < -0.3 is 19.1 Å². The number of likely N-dealkylation sites (tertiary alicyclic amines) is 1. The minimum Gasteiger partial charge on any atom is -0.493 e. The summed E-state index contributed by atoms with van der Waals surface area (Å²) >= 11 is 0. The lowest BCUT2D eigenvalue weighted by Gasteiger charge is -2.31. The number of nitrogens with zero attached hydrogens (tertiary/aromatic N) is 1. The molecule has 0 spiro atoms. The Hall–Kier alpha value is -1.75. The molecule has 1 atom stereocenters. The molecule has 5 nitrogen and oxygen atoms in total. The lowest BCUT2D eigenvalue weighted by molar-refractivity contribution is -0.149. The molecule has 0 aliphatic carbocycles. The van der Waals surface area contributed by atoms with Gasteiger partial charge in [-0.05, 0) is 57.8 Å². The molecule has 2 rings (SSSR count). The first-order valence-electron chi connectivity index (χ1n) is 8.89. The number of benzene rings is 1. The number of methoxy groups -OCH3 is 1. The summed E-state index contributed by atoms with van der Waals surface area (Å²) in [5.41, 5.74) is 0. The van der Waals surface area contributed by atoms with Crippen molar-refractivity contribution >= 4 is 5.97 Å². The van der Waals surface area contributed by atoms with Crippen molar-refractivity contribution < 1.29 is 19.0 Å². The van der Waals surface area contributed by atoms with E-state index in [0.717, 1.165) is 56.8 Å². The second-order valence-electron chi connectivity index (χ2n) is 6.10. The summed E-state index contributed by atoms with van der Waals surface area (Å²) in [7, 11) is 1.65. The summed E-state index contributed by atoms with van der Waals surface area (Å²) in [4.78, 5) is 14.2. The zero-order chi connectivity index (χ0) is 17.2. The van der Waals surface area contributed by atoms with Crippen LogP contribution in [0.3, 0.4) is 0 Å². The van der Waals surface area contributed by atoms with Crippen molar-refractivity contribution in [3.63, 3.8) is 0 Å². The average Bonchev–Trinajstić information content (AvgIpc) is 2.62. The summed E-state index contributed by atoms with van der Waals surface area (Å²) in [6.07, 6.45) is 4.07. The summed E-state index contributed by atoms with van der Waals surface area (Å²) in [5.74, 6) is 1.57. The van der Waals surface area contributed by atoms with Gasteiger partial charge in [0.15, 0.2) is 11.5 Å². The van der Waals surface area contributed by atoms with E-state index >= 15 is 0 Å². The van der Waals surface area contributed by atoms with E-state index in [1.165, 1.54) is 0 Å². The first-order chi connectivity index (χ1) is 11.7. The van der Waals surface area contributed by atoms with Crippen molar-refractivity contribution in [1.82, 2.24) is 4.90 Å².